The SMILES string of the molecule is O=C(N[C@@H]1CCC[C@@H]1O)c1nn(-c2ccccc2)cc1CCCO. The summed E-state index contributed by atoms with van der Waals surface area (Å²) < 4.78 is 1.69. The summed E-state index contributed by atoms with van der Waals surface area (Å²) in [6.07, 6.45) is 4.95. The molecule has 128 valence electrons. The van der Waals surface area contributed by atoms with Gasteiger partial charge >= 0.3 is 0 Å². The smallest absolute Gasteiger partial charge is 0.272 e. The van der Waals surface area contributed by atoms with Crippen molar-refractivity contribution in [3.8, 4) is 5.69 Å². The third-order valence-corrected chi connectivity index (χ3v) is 4.43. The van der Waals surface area contributed by atoms with E-state index in [0.717, 1.165) is 30.5 Å². The predicted octanol–water partition coefficient (Wildman–Crippen LogP) is 1.44. The Morgan fingerprint density at radius 2 is 2.08 bits per heavy atom. The molecule has 1 amide bonds. The van der Waals surface area contributed by atoms with Gasteiger partial charge in [-0.05, 0) is 44.2 Å². The highest BCUT2D eigenvalue weighted by Gasteiger charge is 2.28. The Hall–Kier alpha value is -2.18. The molecule has 0 saturated heterocycles. The van der Waals surface area contributed by atoms with Crippen molar-refractivity contribution in [2.75, 3.05) is 6.61 Å². The van der Waals surface area contributed by atoms with Gasteiger partial charge in [0.2, 0.25) is 0 Å². The fourth-order valence-corrected chi connectivity index (χ4v) is 3.11. The highest BCUT2D eigenvalue weighted by atomic mass is 16.3. The molecule has 0 spiro atoms. The molecule has 6 heteroatoms. The standard InChI is InChI=1S/C18H23N3O3/c22-11-5-6-13-12-21(14-7-2-1-3-8-14)20-17(13)18(24)19-15-9-4-10-16(15)23/h1-3,7-8,12,15-16,22-23H,4-6,9-11H2,(H,19,24)/t15-,16+/m1/s1. The first-order chi connectivity index (χ1) is 11.7. The molecular weight excluding hydrogens is 306 g/mol. The number of amides is 1. The van der Waals surface area contributed by atoms with E-state index in [0.29, 0.717) is 18.5 Å². The minimum Gasteiger partial charge on any atom is -0.396 e. The van der Waals surface area contributed by atoms with E-state index in [9.17, 15) is 9.90 Å². The number of carbonyl (C=O) groups is 1. The van der Waals surface area contributed by atoms with Gasteiger partial charge in [-0.15, -0.1) is 0 Å². The van der Waals surface area contributed by atoms with Gasteiger partial charge < -0.3 is 15.5 Å². The van der Waals surface area contributed by atoms with Crippen LogP contribution in [0.25, 0.3) is 5.69 Å². The fourth-order valence-electron chi connectivity index (χ4n) is 3.11. The van der Waals surface area contributed by atoms with Gasteiger partial charge in [-0.3, -0.25) is 4.79 Å². The lowest BCUT2D eigenvalue weighted by atomic mass is 10.1. The molecule has 1 fully saturated rings. The van der Waals surface area contributed by atoms with Crippen LogP contribution in [0.5, 0.6) is 0 Å². The van der Waals surface area contributed by atoms with Gasteiger partial charge in [-0.1, -0.05) is 18.2 Å². The Balaban J connectivity index is 1.84. The number of nitrogens with one attached hydrogen (secondary N) is 1. The number of carbonyl (C=O) groups excluding carboxylic acids is 1. The largest absolute Gasteiger partial charge is 0.396 e. The first-order valence-electron chi connectivity index (χ1n) is 8.43. The molecule has 6 nitrogen and oxygen atoms in total. The van der Waals surface area contributed by atoms with E-state index in [4.69, 9.17) is 5.11 Å². The van der Waals surface area contributed by atoms with Gasteiger partial charge in [0.1, 0.15) is 0 Å². The molecular formula is C18H23N3O3. The number of hydrogen-bond donors (Lipinski definition) is 3. The summed E-state index contributed by atoms with van der Waals surface area (Å²) in [5.41, 5.74) is 2.05. The number of aromatic nitrogens is 2. The molecule has 0 unspecified atom stereocenters. The van der Waals surface area contributed by atoms with E-state index in [-0.39, 0.29) is 18.6 Å². The maximum atomic E-state index is 12.6. The zero-order valence-corrected chi connectivity index (χ0v) is 13.6. The summed E-state index contributed by atoms with van der Waals surface area (Å²) in [5.74, 6) is -0.261. The van der Waals surface area contributed by atoms with Crippen LogP contribution in [0.15, 0.2) is 36.5 Å². The van der Waals surface area contributed by atoms with Crippen LogP contribution in [0.4, 0.5) is 0 Å². The molecule has 1 aromatic carbocycles. The van der Waals surface area contributed by atoms with Crippen LogP contribution < -0.4 is 5.32 Å². The lowest BCUT2D eigenvalue weighted by molar-refractivity contribution is 0.0867. The maximum Gasteiger partial charge on any atom is 0.272 e. The lowest BCUT2D eigenvalue weighted by Gasteiger charge is -2.15. The van der Waals surface area contributed by atoms with Crippen molar-refractivity contribution in [1.82, 2.24) is 15.1 Å². The van der Waals surface area contributed by atoms with Gasteiger partial charge in [0.25, 0.3) is 5.91 Å². The second kappa shape index (κ2) is 7.59. The molecule has 24 heavy (non-hydrogen) atoms. The molecule has 1 aromatic heterocycles. The number of aryl methyl sites for hydroxylation is 1. The van der Waals surface area contributed by atoms with Crippen molar-refractivity contribution in [3.63, 3.8) is 0 Å². The van der Waals surface area contributed by atoms with Crippen LogP contribution in [-0.4, -0.2) is 44.7 Å². The van der Waals surface area contributed by atoms with E-state index in [1.54, 1.807) is 4.68 Å². The number of aliphatic hydroxyl groups is 2. The van der Waals surface area contributed by atoms with Crippen molar-refractivity contribution >= 4 is 5.91 Å². The number of benzene rings is 1. The van der Waals surface area contributed by atoms with E-state index < -0.39 is 6.10 Å². The molecule has 1 saturated carbocycles. The quantitative estimate of drug-likeness (QED) is 0.748. The van der Waals surface area contributed by atoms with Crippen LogP contribution in [0.1, 0.15) is 41.7 Å². The molecule has 1 aliphatic rings. The normalized spacial score (nSPS) is 20.2. The third kappa shape index (κ3) is 3.66. The first kappa shape index (κ1) is 16.7. The van der Waals surface area contributed by atoms with Gasteiger partial charge in [0.05, 0.1) is 17.8 Å². The molecule has 0 radical (unpaired) electrons. The Kier molecular flexibility index (Phi) is 5.27. The minimum absolute atomic E-state index is 0.0684. The first-order valence-corrected chi connectivity index (χ1v) is 8.43. The molecule has 2 atom stereocenters. The Morgan fingerprint density at radius 1 is 1.29 bits per heavy atom. The van der Waals surface area contributed by atoms with Crippen LogP contribution in [-0.2, 0) is 6.42 Å². The molecule has 0 aliphatic heterocycles. The van der Waals surface area contributed by atoms with Gasteiger partial charge in [-0.2, -0.15) is 5.10 Å². The summed E-state index contributed by atoms with van der Waals surface area (Å²) >= 11 is 0. The molecule has 3 N–H and O–H groups in total. The summed E-state index contributed by atoms with van der Waals surface area (Å²) in [4.78, 5) is 12.6. The monoisotopic (exact) mass is 329 g/mol. The average Bonchev–Trinajstić information content (AvgIpc) is 3.20. The number of nitrogens with zero attached hydrogens (tertiary/aromatic N) is 2. The molecule has 1 heterocycles. The van der Waals surface area contributed by atoms with Crippen molar-refractivity contribution in [3.05, 3.63) is 47.8 Å². The van der Waals surface area contributed by atoms with Gasteiger partial charge in [0.15, 0.2) is 5.69 Å². The average molecular weight is 329 g/mol. The van der Waals surface area contributed by atoms with Crippen molar-refractivity contribution in [2.45, 2.75) is 44.2 Å². The van der Waals surface area contributed by atoms with Crippen LogP contribution in [0.2, 0.25) is 0 Å². The Labute approximate surface area is 141 Å². The molecule has 2 aromatic rings. The number of hydrogen-bond acceptors (Lipinski definition) is 4. The Bertz CT molecular complexity index is 684. The van der Waals surface area contributed by atoms with E-state index in [1.807, 2.05) is 36.5 Å². The number of para-hydroxylation sites is 1. The summed E-state index contributed by atoms with van der Waals surface area (Å²) in [5, 5.41) is 26.3. The minimum atomic E-state index is -0.481. The highest BCUT2D eigenvalue weighted by Crippen LogP contribution is 2.20. The van der Waals surface area contributed by atoms with Crippen molar-refractivity contribution in [2.24, 2.45) is 0 Å². The van der Waals surface area contributed by atoms with E-state index in [1.165, 1.54) is 0 Å². The van der Waals surface area contributed by atoms with Crippen molar-refractivity contribution < 1.29 is 15.0 Å². The lowest BCUT2D eigenvalue weighted by Crippen LogP contribution is -2.40. The topological polar surface area (TPSA) is 87.4 Å². The Morgan fingerprint density at radius 3 is 2.75 bits per heavy atom. The number of rotatable bonds is 6. The van der Waals surface area contributed by atoms with Gasteiger partial charge in [0, 0.05) is 18.4 Å². The van der Waals surface area contributed by atoms with Crippen LogP contribution >= 0.6 is 0 Å². The molecule has 0 bridgehead atoms. The maximum absolute atomic E-state index is 12.6. The van der Waals surface area contributed by atoms with Gasteiger partial charge in [-0.25, -0.2) is 4.68 Å². The second-order valence-electron chi connectivity index (χ2n) is 6.19. The van der Waals surface area contributed by atoms with Crippen molar-refractivity contribution in [1.29, 1.82) is 0 Å². The molecule has 1 aliphatic carbocycles. The second-order valence-corrected chi connectivity index (χ2v) is 6.19. The summed E-state index contributed by atoms with van der Waals surface area (Å²) in [7, 11) is 0. The third-order valence-electron chi connectivity index (χ3n) is 4.43. The van der Waals surface area contributed by atoms with E-state index in [2.05, 4.69) is 10.4 Å². The van der Waals surface area contributed by atoms with E-state index >= 15 is 0 Å². The zero-order valence-electron chi connectivity index (χ0n) is 13.6. The highest BCUT2D eigenvalue weighted by molar-refractivity contribution is 5.94. The molecule has 3 rings (SSSR count). The predicted molar refractivity (Wildman–Crippen MR) is 90.1 cm³/mol. The van der Waals surface area contributed by atoms with Crippen LogP contribution in [0, 0.1) is 0 Å². The number of aliphatic hydroxyl groups excluding tert-OH is 2. The summed E-state index contributed by atoms with van der Waals surface area (Å²) in [6, 6.07) is 9.40. The fraction of sp³-hybridized carbons (Fsp3) is 0.444. The summed E-state index contributed by atoms with van der Waals surface area (Å²) in [6.45, 7) is 0.0684. The zero-order chi connectivity index (χ0) is 16.9. The van der Waals surface area contributed by atoms with Crippen LogP contribution in [0.3, 0.4) is 0 Å².